The van der Waals surface area contributed by atoms with E-state index >= 15 is 0 Å². The number of aryl methyl sites for hydroxylation is 1. The van der Waals surface area contributed by atoms with Crippen molar-refractivity contribution < 1.29 is 18.3 Å². The van der Waals surface area contributed by atoms with E-state index in [-0.39, 0.29) is 29.7 Å². The maximum atomic E-state index is 13.4. The molecule has 33 heavy (non-hydrogen) atoms. The Labute approximate surface area is 191 Å². The second-order valence-corrected chi connectivity index (χ2v) is 9.88. The van der Waals surface area contributed by atoms with Crippen LogP contribution in [0.1, 0.15) is 25.0 Å². The summed E-state index contributed by atoms with van der Waals surface area (Å²) in [6.45, 7) is 1.31. The lowest BCUT2D eigenvalue weighted by molar-refractivity contribution is -0.134. The minimum absolute atomic E-state index is 0.0456. The number of sulfonamides is 1. The van der Waals surface area contributed by atoms with Crippen molar-refractivity contribution in [3.8, 4) is 6.07 Å². The van der Waals surface area contributed by atoms with Gasteiger partial charge < -0.3 is 14.6 Å². The van der Waals surface area contributed by atoms with Crippen LogP contribution in [0.15, 0.2) is 47.6 Å². The number of nitriles is 1. The SMILES string of the molecule is N#Cc1cccn1CCC(NS(=O)(=O)c1cccc2[nH]ncc12)C(=O)N1CCC(CO)CC1. The van der Waals surface area contributed by atoms with Crippen molar-refractivity contribution in [2.24, 2.45) is 5.92 Å². The minimum atomic E-state index is -4.03. The van der Waals surface area contributed by atoms with E-state index in [1.165, 1.54) is 12.3 Å². The highest BCUT2D eigenvalue weighted by Crippen LogP contribution is 2.23. The molecule has 1 atom stereocenters. The molecule has 3 aromatic rings. The Morgan fingerprint density at radius 1 is 1.30 bits per heavy atom. The number of aliphatic hydroxyl groups excluding tert-OH is 1. The van der Waals surface area contributed by atoms with Crippen LogP contribution < -0.4 is 4.72 Å². The number of likely N-dealkylation sites (tertiary alicyclic amines) is 1. The van der Waals surface area contributed by atoms with Gasteiger partial charge in [0, 0.05) is 37.8 Å². The van der Waals surface area contributed by atoms with Gasteiger partial charge in [0.25, 0.3) is 0 Å². The van der Waals surface area contributed by atoms with Gasteiger partial charge in [0.05, 0.1) is 16.6 Å². The maximum absolute atomic E-state index is 13.4. The Hall–Kier alpha value is -3.20. The summed E-state index contributed by atoms with van der Waals surface area (Å²) in [5.41, 5.74) is 1.02. The molecular formula is C22H26N6O4S. The zero-order valence-electron chi connectivity index (χ0n) is 18.0. The summed E-state index contributed by atoms with van der Waals surface area (Å²) in [4.78, 5) is 15.1. The molecule has 1 fully saturated rings. The summed E-state index contributed by atoms with van der Waals surface area (Å²) in [6.07, 6.45) is 4.70. The Balaban J connectivity index is 1.58. The molecular weight excluding hydrogens is 444 g/mol. The summed E-state index contributed by atoms with van der Waals surface area (Å²) in [5.74, 6) is -0.152. The normalized spacial score (nSPS) is 16.1. The first-order chi connectivity index (χ1) is 15.9. The van der Waals surface area contributed by atoms with E-state index in [1.807, 2.05) is 0 Å². The number of aromatic nitrogens is 3. The molecule has 1 aliphatic rings. The van der Waals surface area contributed by atoms with Gasteiger partial charge in [0.15, 0.2) is 0 Å². The minimum Gasteiger partial charge on any atom is -0.396 e. The first-order valence-corrected chi connectivity index (χ1v) is 12.3. The van der Waals surface area contributed by atoms with Gasteiger partial charge in [-0.3, -0.25) is 9.89 Å². The van der Waals surface area contributed by atoms with Crippen molar-refractivity contribution in [2.75, 3.05) is 19.7 Å². The second kappa shape index (κ2) is 9.74. The zero-order chi connectivity index (χ0) is 23.4. The van der Waals surface area contributed by atoms with E-state index in [0.717, 1.165) is 0 Å². The third-order valence-corrected chi connectivity index (χ3v) is 7.65. The van der Waals surface area contributed by atoms with Gasteiger partial charge in [-0.25, -0.2) is 8.42 Å². The summed E-state index contributed by atoms with van der Waals surface area (Å²) in [5, 5.41) is 25.8. The zero-order valence-corrected chi connectivity index (χ0v) is 18.8. The number of hydrogen-bond donors (Lipinski definition) is 3. The predicted molar refractivity (Wildman–Crippen MR) is 120 cm³/mol. The molecule has 2 aromatic heterocycles. The third-order valence-electron chi connectivity index (χ3n) is 6.12. The molecule has 3 heterocycles. The molecule has 0 radical (unpaired) electrons. The number of H-pyrrole nitrogens is 1. The second-order valence-electron chi connectivity index (χ2n) is 8.20. The molecule has 11 heteroatoms. The molecule has 4 rings (SSSR count). The van der Waals surface area contributed by atoms with Gasteiger partial charge in [0.2, 0.25) is 15.9 Å². The molecule has 10 nitrogen and oxygen atoms in total. The molecule has 1 aromatic carbocycles. The van der Waals surface area contributed by atoms with Crippen molar-refractivity contribution >= 4 is 26.8 Å². The van der Waals surface area contributed by atoms with Gasteiger partial charge in [-0.2, -0.15) is 15.1 Å². The number of nitrogens with zero attached hydrogens (tertiary/aromatic N) is 4. The number of piperidine rings is 1. The first-order valence-electron chi connectivity index (χ1n) is 10.8. The lowest BCUT2D eigenvalue weighted by Gasteiger charge is -2.34. The van der Waals surface area contributed by atoms with E-state index < -0.39 is 16.1 Å². The Kier molecular flexibility index (Phi) is 6.78. The lowest BCUT2D eigenvalue weighted by atomic mass is 9.97. The quantitative estimate of drug-likeness (QED) is 0.451. The highest BCUT2D eigenvalue weighted by atomic mass is 32.2. The first kappa shape index (κ1) is 23.0. The number of carbonyl (C=O) groups excluding carboxylic acids is 1. The summed E-state index contributed by atoms with van der Waals surface area (Å²) in [7, 11) is -4.03. The number of carbonyl (C=O) groups is 1. The molecule has 0 spiro atoms. The van der Waals surface area contributed by atoms with Gasteiger partial charge in [-0.05, 0) is 49.4 Å². The average molecular weight is 471 g/mol. The fraction of sp³-hybridized carbons (Fsp3) is 0.409. The number of amides is 1. The van der Waals surface area contributed by atoms with E-state index in [2.05, 4.69) is 21.0 Å². The molecule has 1 unspecified atom stereocenters. The predicted octanol–water partition coefficient (Wildman–Crippen LogP) is 1.20. The van der Waals surface area contributed by atoms with Crippen molar-refractivity contribution in [3.63, 3.8) is 0 Å². The number of aromatic amines is 1. The highest BCUT2D eigenvalue weighted by Gasteiger charge is 2.32. The molecule has 3 N–H and O–H groups in total. The van der Waals surface area contributed by atoms with Gasteiger partial charge in [0.1, 0.15) is 17.8 Å². The average Bonchev–Trinajstić information content (AvgIpc) is 3.50. The Bertz CT molecular complexity index is 1270. The Morgan fingerprint density at radius 2 is 2.09 bits per heavy atom. The van der Waals surface area contributed by atoms with Gasteiger partial charge in [-0.1, -0.05) is 6.07 Å². The fourth-order valence-electron chi connectivity index (χ4n) is 4.19. The van der Waals surface area contributed by atoms with Crippen LogP contribution in [0.4, 0.5) is 0 Å². The fourth-order valence-corrected chi connectivity index (χ4v) is 5.62. The number of fused-ring (bicyclic) bond motifs is 1. The molecule has 0 saturated carbocycles. The molecule has 1 amide bonds. The number of hydrogen-bond acceptors (Lipinski definition) is 6. The van der Waals surface area contributed by atoms with Gasteiger partial charge in [-0.15, -0.1) is 0 Å². The van der Waals surface area contributed by atoms with Crippen molar-refractivity contribution in [1.29, 1.82) is 5.26 Å². The van der Waals surface area contributed by atoms with E-state index in [9.17, 15) is 23.6 Å². The smallest absolute Gasteiger partial charge is 0.242 e. The maximum Gasteiger partial charge on any atom is 0.242 e. The van der Waals surface area contributed by atoms with Crippen molar-refractivity contribution in [2.45, 2.75) is 36.7 Å². The summed E-state index contributed by atoms with van der Waals surface area (Å²) >= 11 is 0. The van der Waals surface area contributed by atoms with Gasteiger partial charge >= 0.3 is 0 Å². The molecule has 0 bridgehead atoms. The molecule has 1 aliphatic heterocycles. The van der Waals surface area contributed by atoms with Crippen LogP contribution in [0.3, 0.4) is 0 Å². The Morgan fingerprint density at radius 3 is 2.82 bits per heavy atom. The largest absolute Gasteiger partial charge is 0.396 e. The van der Waals surface area contributed by atoms with Crippen molar-refractivity contribution in [3.05, 3.63) is 48.4 Å². The lowest BCUT2D eigenvalue weighted by Crippen LogP contribution is -2.51. The van der Waals surface area contributed by atoms with Crippen molar-refractivity contribution in [1.82, 2.24) is 24.4 Å². The number of rotatable bonds is 8. The van der Waals surface area contributed by atoms with E-state index in [0.29, 0.717) is 49.1 Å². The molecule has 0 aliphatic carbocycles. The summed E-state index contributed by atoms with van der Waals surface area (Å²) in [6, 6.07) is 9.31. The van der Waals surface area contributed by atoms with E-state index in [1.54, 1.807) is 39.9 Å². The van der Waals surface area contributed by atoms with Crippen LogP contribution in [0.25, 0.3) is 10.9 Å². The van der Waals surface area contributed by atoms with E-state index in [4.69, 9.17) is 0 Å². The standard InChI is InChI=1S/C22H26N6O4S/c23-13-17-3-2-9-27(17)12-8-20(22(30)28-10-6-16(15-29)7-11-28)26-33(31,32)21-5-1-4-19-18(21)14-24-25-19/h1-5,9,14,16,20,26,29H,6-8,10-12,15H2,(H,24,25). The summed E-state index contributed by atoms with van der Waals surface area (Å²) < 4.78 is 30.9. The van der Waals surface area contributed by atoms with Crippen LogP contribution >= 0.6 is 0 Å². The van der Waals surface area contributed by atoms with Crippen LogP contribution in [-0.2, 0) is 21.4 Å². The third kappa shape index (κ3) is 4.93. The molecule has 174 valence electrons. The van der Waals surface area contributed by atoms with Crippen LogP contribution in [0, 0.1) is 17.2 Å². The van der Waals surface area contributed by atoms with Crippen LogP contribution in [0.2, 0.25) is 0 Å². The van der Waals surface area contributed by atoms with Crippen LogP contribution in [0.5, 0.6) is 0 Å². The monoisotopic (exact) mass is 470 g/mol. The topological polar surface area (TPSA) is 144 Å². The highest BCUT2D eigenvalue weighted by molar-refractivity contribution is 7.89. The number of aliphatic hydroxyl groups is 1. The number of benzene rings is 1. The van der Waals surface area contributed by atoms with Crippen LogP contribution in [-0.4, -0.2) is 64.8 Å². The molecule has 1 saturated heterocycles. The number of nitrogens with one attached hydrogen (secondary N) is 2.